The molecule has 0 fully saturated rings. The van der Waals surface area contributed by atoms with Gasteiger partial charge in [-0.25, -0.2) is 0 Å². The second-order valence-electron chi connectivity index (χ2n) is 4.05. The third-order valence-electron chi connectivity index (χ3n) is 1.49. The maximum atomic E-state index is 3.47. The van der Waals surface area contributed by atoms with Crippen LogP contribution in [0.15, 0.2) is 0 Å². The van der Waals surface area contributed by atoms with E-state index in [1.807, 2.05) is 11.8 Å². The van der Waals surface area contributed by atoms with Crippen molar-refractivity contribution in [2.75, 3.05) is 13.1 Å². The van der Waals surface area contributed by atoms with E-state index in [1.165, 1.54) is 0 Å². The molecule has 0 aromatic heterocycles. The Hall–Kier alpha value is 0.310. The highest BCUT2D eigenvalue weighted by atomic mass is 32.2. The lowest BCUT2D eigenvalue weighted by molar-refractivity contribution is 0.553. The minimum absolute atomic E-state index is 0.740. The predicted octanol–water partition coefficient (Wildman–Crippen LogP) is 2.76. The average Bonchev–Trinajstić information content (AvgIpc) is 1.84. The second-order valence-corrected chi connectivity index (χ2v) is 6.07. The van der Waals surface area contributed by atoms with Gasteiger partial charge in [0.15, 0.2) is 0 Å². The van der Waals surface area contributed by atoms with Crippen molar-refractivity contribution < 1.29 is 0 Å². The molecule has 1 N–H and O–H groups in total. The lowest BCUT2D eigenvalue weighted by atomic mass is 10.2. The Morgan fingerprint density at radius 2 is 1.58 bits per heavy atom. The van der Waals surface area contributed by atoms with Crippen LogP contribution in [-0.2, 0) is 0 Å². The van der Waals surface area contributed by atoms with E-state index in [-0.39, 0.29) is 0 Å². The molecule has 0 saturated heterocycles. The van der Waals surface area contributed by atoms with Crippen LogP contribution in [0.2, 0.25) is 0 Å². The topological polar surface area (TPSA) is 12.0 Å². The molecule has 0 aliphatic heterocycles. The quantitative estimate of drug-likeness (QED) is 0.689. The summed E-state index contributed by atoms with van der Waals surface area (Å²) < 4.78 is 0. The van der Waals surface area contributed by atoms with Crippen LogP contribution >= 0.6 is 11.8 Å². The Balaban J connectivity index is 3.25. The van der Waals surface area contributed by atoms with E-state index in [9.17, 15) is 0 Å². The Labute approximate surface area is 81.7 Å². The molecule has 0 aromatic carbocycles. The molecular weight excluding hydrogens is 166 g/mol. The van der Waals surface area contributed by atoms with Gasteiger partial charge in [-0.05, 0) is 17.7 Å². The van der Waals surface area contributed by atoms with Gasteiger partial charge in [-0.15, -0.1) is 0 Å². The third-order valence-corrected chi connectivity index (χ3v) is 2.66. The van der Waals surface area contributed by atoms with Crippen LogP contribution in [0.3, 0.4) is 0 Å². The van der Waals surface area contributed by atoms with Crippen molar-refractivity contribution in [1.82, 2.24) is 5.32 Å². The molecular formula is C10H23NS. The Morgan fingerprint density at radius 3 is 2.00 bits per heavy atom. The first kappa shape index (κ1) is 12.3. The van der Waals surface area contributed by atoms with Gasteiger partial charge in [0.1, 0.15) is 0 Å². The number of hydrogen-bond acceptors (Lipinski definition) is 2. The number of hydrogen-bond donors (Lipinski definition) is 1. The third kappa shape index (κ3) is 8.41. The molecule has 0 saturated carbocycles. The molecule has 0 spiro atoms. The zero-order chi connectivity index (χ0) is 9.56. The highest BCUT2D eigenvalue weighted by Gasteiger charge is 2.04. The fraction of sp³-hybridized carbons (Fsp3) is 1.00. The van der Waals surface area contributed by atoms with Crippen LogP contribution in [0.4, 0.5) is 0 Å². The molecule has 12 heavy (non-hydrogen) atoms. The summed E-state index contributed by atoms with van der Waals surface area (Å²) in [6.07, 6.45) is 0. The van der Waals surface area contributed by atoms with Gasteiger partial charge in [0.2, 0.25) is 0 Å². The summed E-state index contributed by atoms with van der Waals surface area (Å²) in [5, 5.41) is 4.96. The summed E-state index contributed by atoms with van der Waals surface area (Å²) in [5.41, 5.74) is 0. The van der Waals surface area contributed by atoms with Crippen LogP contribution in [0.25, 0.3) is 0 Å². The molecule has 0 rings (SSSR count). The Morgan fingerprint density at radius 1 is 1.00 bits per heavy atom. The Bertz CT molecular complexity index is 102. The number of nitrogens with one attached hydrogen (secondary N) is 1. The smallest absolute Gasteiger partial charge is 0.0146 e. The van der Waals surface area contributed by atoms with Gasteiger partial charge in [0.25, 0.3) is 0 Å². The lowest BCUT2D eigenvalue weighted by Crippen LogP contribution is -2.27. The van der Waals surface area contributed by atoms with Gasteiger partial charge < -0.3 is 5.32 Å². The molecule has 0 radical (unpaired) electrons. The molecule has 1 nitrogen and oxygen atoms in total. The van der Waals surface area contributed by atoms with Crippen molar-refractivity contribution in [3.05, 3.63) is 0 Å². The van der Waals surface area contributed by atoms with E-state index in [2.05, 4.69) is 39.9 Å². The molecule has 74 valence electrons. The van der Waals surface area contributed by atoms with Crippen molar-refractivity contribution >= 4 is 11.8 Å². The van der Waals surface area contributed by atoms with Gasteiger partial charge in [-0.1, -0.05) is 34.6 Å². The standard InChI is InChI=1S/C10H23NS/c1-8(2)6-11-7-10(5)12-9(3)4/h8-11H,6-7H2,1-5H3. The van der Waals surface area contributed by atoms with Crippen molar-refractivity contribution in [2.45, 2.75) is 45.1 Å². The predicted molar refractivity (Wildman–Crippen MR) is 59.9 cm³/mol. The molecule has 0 aliphatic rings. The minimum Gasteiger partial charge on any atom is -0.315 e. The monoisotopic (exact) mass is 189 g/mol. The average molecular weight is 189 g/mol. The second kappa shape index (κ2) is 6.79. The maximum absolute atomic E-state index is 3.47. The van der Waals surface area contributed by atoms with Crippen molar-refractivity contribution in [3.8, 4) is 0 Å². The SMILES string of the molecule is CC(C)CNCC(C)SC(C)C. The summed E-state index contributed by atoms with van der Waals surface area (Å²) in [6.45, 7) is 13.6. The zero-order valence-electron chi connectivity index (χ0n) is 9.05. The fourth-order valence-corrected chi connectivity index (χ4v) is 2.23. The molecule has 2 heteroatoms. The van der Waals surface area contributed by atoms with E-state index in [4.69, 9.17) is 0 Å². The molecule has 0 amide bonds. The van der Waals surface area contributed by atoms with Gasteiger partial charge in [0, 0.05) is 11.8 Å². The zero-order valence-corrected chi connectivity index (χ0v) is 9.87. The van der Waals surface area contributed by atoms with E-state index in [1.54, 1.807) is 0 Å². The van der Waals surface area contributed by atoms with Gasteiger partial charge >= 0.3 is 0 Å². The van der Waals surface area contributed by atoms with Crippen LogP contribution < -0.4 is 5.32 Å². The maximum Gasteiger partial charge on any atom is 0.0146 e. The summed E-state index contributed by atoms with van der Waals surface area (Å²) in [6, 6.07) is 0. The summed E-state index contributed by atoms with van der Waals surface area (Å²) in [5.74, 6) is 0.765. The highest BCUT2D eigenvalue weighted by Crippen LogP contribution is 2.15. The molecule has 0 bridgehead atoms. The normalized spacial score (nSPS) is 14.2. The van der Waals surface area contributed by atoms with Crippen molar-refractivity contribution in [2.24, 2.45) is 5.92 Å². The van der Waals surface area contributed by atoms with E-state index in [0.717, 1.165) is 29.5 Å². The minimum atomic E-state index is 0.740. The molecule has 0 heterocycles. The van der Waals surface area contributed by atoms with Crippen LogP contribution in [-0.4, -0.2) is 23.6 Å². The van der Waals surface area contributed by atoms with E-state index < -0.39 is 0 Å². The van der Waals surface area contributed by atoms with Crippen LogP contribution in [0.5, 0.6) is 0 Å². The van der Waals surface area contributed by atoms with E-state index in [0.29, 0.717) is 0 Å². The molecule has 1 atom stereocenters. The fourth-order valence-electron chi connectivity index (χ4n) is 1.09. The highest BCUT2D eigenvalue weighted by molar-refractivity contribution is 8.00. The summed E-state index contributed by atoms with van der Waals surface area (Å²) in [4.78, 5) is 0. The number of thioether (sulfide) groups is 1. The molecule has 0 aliphatic carbocycles. The Kier molecular flexibility index (Phi) is 6.96. The molecule has 0 aromatic rings. The van der Waals surface area contributed by atoms with E-state index >= 15 is 0 Å². The summed E-state index contributed by atoms with van der Waals surface area (Å²) in [7, 11) is 0. The summed E-state index contributed by atoms with van der Waals surface area (Å²) >= 11 is 2.04. The van der Waals surface area contributed by atoms with Crippen LogP contribution in [0.1, 0.15) is 34.6 Å². The largest absolute Gasteiger partial charge is 0.315 e. The van der Waals surface area contributed by atoms with Crippen LogP contribution in [0, 0.1) is 5.92 Å². The molecule has 1 unspecified atom stereocenters. The van der Waals surface area contributed by atoms with Gasteiger partial charge in [-0.2, -0.15) is 11.8 Å². The first-order chi connectivity index (χ1) is 5.52. The first-order valence-electron chi connectivity index (χ1n) is 4.88. The van der Waals surface area contributed by atoms with Crippen molar-refractivity contribution in [3.63, 3.8) is 0 Å². The van der Waals surface area contributed by atoms with Gasteiger partial charge in [-0.3, -0.25) is 0 Å². The van der Waals surface area contributed by atoms with Crippen molar-refractivity contribution in [1.29, 1.82) is 0 Å². The van der Waals surface area contributed by atoms with Gasteiger partial charge in [0.05, 0.1) is 0 Å². The first-order valence-corrected chi connectivity index (χ1v) is 5.82. The number of rotatable bonds is 6. The lowest BCUT2D eigenvalue weighted by Gasteiger charge is -2.15.